The predicted octanol–water partition coefficient (Wildman–Crippen LogP) is 3.08. The van der Waals surface area contributed by atoms with Crippen molar-refractivity contribution >= 4 is 27.4 Å². The van der Waals surface area contributed by atoms with E-state index in [1.807, 2.05) is 19.1 Å². The number of fused-ring (bicyclic) bond motifs is 1. The molecule has 0 unspecified atom stereocenters. The molecule has 3 aromatic rings. The normalized spacial score (nSPS) is 15.0. The van der Waals surface area contributed by atoms with Crippen LogP contribution in [0.15, 0.2) is 29.6 Å². The molecule has 1 fully saturated rings. The van der Waals surface area contributed by atoms with E-state index in [-0.39, 0.29) is 0 Å². The second-order valence-corrected chi connectivity index (χ2v) is 6.75. The van der Waals surface area contributed by atoms with E-state index < -0.39 is 0 Å². The molecule has 4 rings (SSSR count). The Kier molecular flexibility index (Phi) is 4.08. The van der Waals surface area contributed by atoms with E-state index in [4.69, 9.17) is 9.72 Å². The van der Waals surface area contributed by atoms with Crippen LogP contribution >= 0.6 is 11.3 Å². The number of methoxy groups -OCH3 is 1. The first-order chi connectivity index (χ1) is 11.8. The van der Waals surface area contributed by atoms with Gasteiger partial charge in [0.25, 0.3) is 0 Å². The molecule has 0 radical (unpaired) electrons. The first-order valence-corrected chi connectivity index (χ1v) is 9.00. The molecule has 2 aromatic heterocycles. The number of aromatic nitrogens is 2. The number of rotatable bonds is 3. The van der Waals surface area contributed by atoms with E-state index in [2.05, 4.69) is 32.7 Å². The molecule has 0 spiro atoms. The van der Waals surface area contributed by atoms with Crippen molar-refractivity contribution in [3.05, 3.63) is 35.5 Å². The van der Waals surface area contributed by atoms with Gasteiger partial charge in [0.2, 0.25) is 0 Å². The average molecular weight is 340 g/mol. The molecule has 5 nitrogen and oxygen atoms in total. The van der Waals surface area contributed by atoms with Gasteiger partial charge in [-0.3, -0.25) is 0 Å². The lowest BCUT2D eigenvalue weighted by Gasteiger charge is -2.29. The lowest BCUT2D eigenvalue weighted by atomic mass is 10.1. The summed E-state index contributed by atoms with van der Waals surface area (Å²) in [5, 5.41) is 6.75. The first kappa shape index (κ1) is 15.4. The van der Waals surface area contributed by atoms with Gasteiger partial charge in [-0.15, -0.1) is 11.3 Å². The Morgan fingerprint density at radius 1 is 1.12 bits per heavy atom. The summed E-state index contributed by atoms with van der Waals surface area (Å²) in [6, 6.07) is 8.19. The number of nitrogens with zero attached hydrogens (tertiary/aromatic N) is 3. The van der Waals surface area contributed by atoms with Crippen LogP contribution in [0, 0.1) is 6.92 Å². The van der Waals surface area contributed by atoms with E-state index in [0.29, 0.717) is 0 Å². The molecule has 0 amide bonds. The molecule has 0 aliphatic carbocycles. The predicted molar refractivity (Wildman–Crippen MR) is 99.2 cm³/mol. The zero-order valence-electron chi connectivity index (χ0n) is 13.9. The molecular formula is C18H20N4OS. The topological polar surface area (TPSA) is 50.3 Å². The molecule has 0 atom stereocenters. The number of piperazine rings is 1. The molecular weight excluding hydrogens is 320 g/mol. The highest BCUT2D eigenvalue weighted by atomic mass is 32.1. The Hall–Kier alpha value is -2.18. The van der Waals surface area contributed by atoms with Gasteiger partial charge in [0, 0.05) is 37.1 Å². The second kappa shape index (κ2) is 6.37. The molecule has 124 valence electrons. The summed E-state index contributed by atoms with van der Waals surface area (Å²) in [7, 11) is 1.69. The molecule has 24 heavy (non-hydrogen) atoms. The van der Waals surface area contributed by atoms with Crippen molar-refractivity contribution in [1.82, 2.24) is 15.3 Å². The van der Waals surface area contributed by atoms with Crippen LogP contribution in [0.25, 0.3) is 21.3 Å². The maximum Gasteiger partial charge on any atom is 0.141 e. The third kappa shape index (κ3) is 2.72. The van der Waals surface area contributed by atoms with Crippen LogP contribution in [0.3, 0.4) is 0 Å². The molecule has 1 aromatic carbocycles. The van der Waals surface area contributed by atoms with E-state index >= 15 is 0 Å². The minimum absolute atomic E-state index is 0.833. The molecule has 0 saturated carbocycles. The standard InChI is InChI=1S/C18H20N4OS/c1-12-20-17(22-9-7-19-8-10-22)16-15(11-24-18(16)21-12)13-3-5-14(23-2)6-4-13/h3-6,11,19H,7-10H2,1-2H3. The number of benzene rings is 1. The van der Waals surface area contributed by atoms with Gasteiger partial charge < -0.3 is 15.0 Å². The van der Waals surface area contributed by atoms with Crippen LogP contribution in [0.5, 0.6) is 5.75 Å². The third-order valence-corrected chi connectivity index (χ3v) is 5.22. The largest absolute Gasteiger partial charge is 0.497 e. The Morgan fingerprint density at radius 2 is 1.88 bits per heavy atom. The summed E-state index contributed by atoms with van der Waals surface area (Å²) in [6.07, 6.45) is 0. The van der Waals surface area contributed by atoms with Gasteiger partial charge in [0.1, 0.15) is 22.2 Å². The molecule has 1 aliphatic rings. The lowest BCUT2D eigenvalue weighted by molar-refractivity contribution is 0.415. The fourth-order valence-electron chi connectivity index (χ4n) is 3.12. The molecule has 1 aliphatic heterocycles. The highest BCUT2D eigenvalue weighted by Gasteiger charge is 2.20. The van der Waals surface area contributed by atoms with Gasteiger partial charge in [-0.1, -0.05) is 12.1 Å². The van der Waals surface area contributed by atoms with E-state index in [1.54, 1.807) is 18.4 Å². The highest BCUT2D eigenvalue weighted by molar-refractivity contribution is 7.17. The van der Waals surface area contributed by atoms with E-state index in [9.17, 15) is 0 Å². The number of ether oxygens (including phenoxy) is 1. The summed E-state index contributed by atoms with van der Waals surface area (Å²) < 4.78 is 5.27. The molecule has 0 bridgehead atoms. The second-order valence-electron chi connectivity index (χ2n) is 5.89. The number of aryl methyl sites for hydroxylation is 1. The average Bonchev–Trinajstić information content (AvgIpc) is 3.05. The van der Waals surface area contributed by atoms with Crippen molar-refractivity contribution in [3.8, 4) is 16.9 Å². The summed E-state index contributed by atoms with van der Waals surface area (Å²) in [4.78, 5) is 12.9. The van der Waals surface area contributed by atoms with Crippen molar-refractivity contribution in [3.63, 3.8) is 0 Å². The van der Waals surface area contributed by atoms with Gasteiger partial charge in [0.05, 0.1) is 12.5 Å². The quantitative estimate of drug-likeness (QED) is 0.794. The van der Waals surface area contributed by atoms with Crippen molar-refractivity contribution < 1.29 is 4.74 Å². The monoisotopic (exact) mass is 340 g/mol. The molecule has 1 saturated heterocycles. The minimum Gasteiger partial charge on any atom is -0.497 e. The number of hydrogen-bond acceptors (Lipinski definition) is 6. The van der Waals surface area contributed by atoms with Crippen LogP contribution in [-0.2, 0) is 0 Å². The smallest absolute Gasteiger partial charge is 0.141 e. The SMILES string of the molecule is COc1ccc(-c2csc3nc(C)nc(N4CCNCC4)c23)cc1. The number of thiophene rings is 1. The Bertz CT molecular complexity index is 853. The van der Waals surface area contributed by atoms with Crippen LogP contribution < -0.4 is 15.0 Å². The first-order valence-electron chi connectivity index (χ1n) is 8.12. The maximum absolute atomic E-state index is 5.27. The van der Waals surface area contributed by atoms with Crippen molar-refractivity contribution in [2.75, 3.05) is 38.2 Å². The molecule has 6 heteroatoms. The zero-order chi connectivity index (χ0) is 16.5. The van der Waals surface area contributed by atoms with Gasteiger partial charge in [0.15, 0.2) is 0 Å². The molecule has 3 heterocycles. The summed E-state index contributed by atoms with van der Waals surface area (Å²) in [6.45, 7) is 5.91. The highest BCUT2D eigenvalue weighted by Crippen LogP contribution is 2.38. The Labute approximate surface area is 145 Å². The fraction of sp³-hybridized carbons (Fsp3) is 0.333. The van der Waals surface area contributed by atoms with Crippen molar-refractivity contribution in [1.29, 1.82) is 0 Å². The van der Waals surface area contributed by atoms with Crippen LogP contribution in [0.2, 0.25) is 0 Å². The van der Waals surface area contributed by atoms with Gasteiger partial charge >= 0.3 is 0 Å². The van der Waals surface area contributed by atoms with Crippen molar-refractivity contribution in [2.45, 2.75) is 6.92 Å². The van der Waals surface area contributed by atoms with Crippen LogP contribution in [-0.4, -0.2) is 43.3 Å². The fourth-order valence-corrected chi connectivity index (χ4v) is 4.10. The summed E-state index contributed by atoms with van der Waals surface area (Å²) >= 11 is 1.69. The van der Waals surface area contributed by atoms with Gasteiger partial charge in [-0.2, -0.15) is 0 Å². The Morgan fingerprint density at radius 3 is 2.58 bits per heavy atom. The van der Waals surface area contributed by atoms with Crippen LogP contribution in [0.4, 0.5) is 5.82 Å². The lowest BCUT2D eigenvalue weighted by Crippen LogP contribution is -2.44. The maximum atomic E-state index is 5.27. The minimum atomic E-state index is 0.833. The zero-order valence-corrected chi connectivity index (χ0v) is 14.7. The Balaban J connectivity index is 1.86. The summed E-state index contributed by atoms with van der Waals surface area (Å²) in [5.74, 6) is 2.76. The van der Waals surface area contributed by atoms with Gasteiger partial charge in [-0.05, 0) is 24.6 Å². The molecule has 1 N–H and O–H groups in total. The van der Waals surface area contributed by atoms with Crippen LogP contribution in [0.1, 0.15) is 5.82 Å². The van der Waals surface area contributed by atoms with E-state index in [0.717, 1.165) is 53.8 Å². The number of nitrogens with one attached hydrogen (secondary N) is 1. The van der Waals surface area contributed by atoms with Gasteiger partial charge in [-0.25, -0.2) is 9.97 Å². The summed E-state index contributed by atoms with van der Waals surface area (Å²) in [5.41, 5.74) is 2.37. The van der Waals surface area contributed by atoms with Crippen molar-refractivity contribution in [2.24, 2.45) is 0 Å². The van der Waals surface area contributed by atoms with E-state index in [1.165, 1.54) is 11.1 Å². The third-order valence-electron chi connectivity index (χ3n) is 4.34. The number of hydrogen-bond donors (Lipinski definition) is 1. The number of anilines is 1.